The van der Waals surface area contributed by atoms with Gasteiger partial charge in [-0.2, -0.15) is 0 Å². The van der Waals surface area contributed by atoms with Gasteiger partial charge in [0, 0.05) is 17.1 Å². The fraction of sp³-hybridized carbons (Fsp3) is 0.259. The van der Waals surface area contributed by atoms with Crippen molar-refractivity contribution in [2.24, 2.45) is 0 Å². The van der Waals surface area contributed by atoms with E-state index in [9.17, 15) is 4.79 Å². The van der Waals surface area contributed by atoms with Gasteiger partial charge in [-0.15, -0.1) is 0 Å². The molecule has 7 nitrogen and oxygen atoms in total. The van der Waals surface area contributed by atoms with E-state index in [1.54, 1.807) is 20.1 Å². The van der Waals surface area contributed by atoms with Crippen LogP contribution in [-0.4, -0.2) is 35.8 Å². The minimum absolute atomic E-state index is 0.199. The van der Waals surface area contributed by atoms with Gasteiger partial charge in [-0.25, -0.2) is 9.78 Å². The summed E-state index contributed by atoms with van der Waals surface area (Å²) in [5.41, 5.74) is 3.58. The van der Waals surface area contributed by atoms with Gasteiger partial charge in [0.25, 0.3) is 0 Å². The summed E-state index contributed by atoms with van der Waals surface area (Å²) in [7, 11) is 1.63. The molecule has 0 bridgehead atoms. The molecule has 176 valence electrons. The lowest BCUT2D eigenvalue weighted by Crippen LogP contribution is -2.10. The Labute approximate surface area is 198 Å². The average molecular weight is 461 g/mol. The molecule has 0 aliphatic carbocycles. The molecule has 0 spiro atoms. The molecule has 0 fully saturated rings. The second-order valence-corrected chi connectivity index (χ2v) is 7.65. The third-order valence-corrected chi connectivity index (χ3v) is 5.42. The molecule has 2 heterocycles. The van der Waals surface area contributed by atoms with Crippen molar-refractivity contribution in [1.82, 2.24) is 9.55 Å². The van der Waals surface area contributed by atoms with Crippen LogP contribution in [0.3, 0.4) is 0 Å². The van der Waals surface area contributed by atoms with E-state index in [-0.39, 0.29) is 5.76 Å². The second-order valence-electron chi connectivity index (χ2n) is 7.65. The number of fused-ring (bicyclic) bond motifs is 1. The fourth-order valence-corrected chi connectivity index (χ4v) is 3.79. The molecule has 0 N–H and O–H groups in total. The maximum Gasteiger partial charge on any atom is 0.373 e. The molecule has 4 aromatic rings. The minimum atomic E-state index is -0.464. The van der Waals surface area contributed by atoms with Crippen LogP contribution in [0, 0.1) is 6.92 Å². The first-order chi connectivity index (χ1) is 16.5. The molecule has 0 amide bonds. The van der Waals surface area contributed by atoms with Crippen LogP contribution in [0.2, 0.25) is 0 Å². The maximum absolute atomic E-state index is 12.1. The second kappa shape index (κ2) is 10.3. The number of hydrogen-bond acceptors (Lipinski definition) is 6. The van der Waals surface area contributed by atoms with E-state index < -0.39 is 5.97 Å². The number of rotatable bonds is 9. The number of esters is 1. The number of nitrogens with zero attached hydrogens (tertiary/aromatic N) is 2. The molecule has 0 atom stereocenters. The molecule has 7 heteroatoms. The quantitative estimate of drug-likeness (QED) is 0.184. The van der Waals surface area contributed by atoms with Crippen molar-refractivity contribution in [3.63, 3.8) is 0 Å². The zero-order valence-corrected chi connectivity index (χ0v) is 19.8. The van der Waals surface area contributed by atoms with E-state index in [0.717, 1.165) is 39.2 Å². The first-order valence-corrected chi connectivity index (χ1v) is 11.2. The highest BCUT2D eigenvalue weighted by Gasteiger charge is 2.16. The number of aryl methyl sites for hydroxylation is 1. The number of para-hydroxylation sites is 1. The fourth-order valence-electron chi connectivity index (χ4n) is 3.79. The first-order valence-electron chi connectivity index (χ1n) is 11.2. The van der Waals surface area contributed by atoms with Crippen molar-refractivity contribution in [2.75, 3.05) is 20.3 Å². The van der Waals surface area contributed by atoms with Crippen molar-refractivity contribution in [3.8, 4) is 17.2 Å². The summed E-state index contributed by atoms with van der Waals surface area (Å²) in [6, 6.07) is 15.7. The predicted molar refractivity (Wildman–Crippen MR) is 131 cm³/mol. The lowest BCUT2D eigenvalue weighted by Gasteiger charge is -2.08. The Morgan fingerprint density at radius 2 is 1.88 bits per heavy atom. The van der Waals surface area contributed by atoms with E-state index in [4.69, 9.17) is 23.6 Å². The number of ether oxygens (including phenoxy) is 3. The van der Waals surface area contributed by atoms with Crippen LogP contribution < -0.4 is 4.74 Å². The molecule has 0 saturated heterocycles. The van der Waals surface area contributed by atoms with Crippen LogP contribution in [0.1, 0.15) is 30.9 Å². The van der Waals surface area contributed by atoms with Gasteiger partial charge >= 0.3 is 5.97 Å². The number of oxazole rings is 1. The highest BCUT2D eigenvalue weighted by molar-refractivity contribution is 5.92. The Morgan fingerprint density at radius 3 is 2.65 bits per heavy atom. The van der Waals surface area contributed by atoms with Crippen LogP contribution in [0.5, 0.6) is 5.75 Å². The van der Waals surface area contributed by atoms with Gasteiger partial charge in [-0.3, -0.25) is 0 Å². The zero-order chi connectivity index (χ0) is 24.1. The van der Waals surface area contributed by atoms with Crippen LogP contribution in [-0.2, 0) is 20.8 Å². The summed E-state index contributed by atoms with van der Waals surface area (Å²) < 4.78 is 24.1. The summed E-state index contributed by atoms with van der Waals surface area (Å²) in [6.45, 7) is 6.77. The zero-order valence-electron chi connectivity index (χ0n) is 19.8. The standard InChI is InChI=1S/C27H28N2O5/c1-5-32-25(27(30)33-6-2)16-19-11-12-23-20(15-19)13-14-29(23)17-22-18(3)34-26(28-22)21-9-7-8-10-24(21)31-4/h7-16H,5-6,17H2,1-4H3. The normalized spacial score (nSPS) is 11.6. The largest absolute Gasteiger partial charge is 0.496 e. The Bertz CT molecular complexity index is 1330. The summed E-state index contributed by atoms with van der Waals surface area (Å²) in [5.74, 6) is 1.76. The number of methoxy groups -OCH3 is 1. The summed E-state index contributed by atoms with van der Waals surface area (Å²) in [5, 5.41) is 1.04. The molecular formula is C27H28N2O5. The van der Waals surface area contributed by atoms with E-state index in [1.165, 1.54) is 0 Å². The van der Waals surface area contributed by atoms with Gasteiger partial charge in [0.15, 0.2) is 0 Å². The number of aromatic nitrogens is 2. The SMILES string of the molecule is CCOC(=O)C(=Cc1ccc2c(ccn2Cc2nc(-c3ccccc3OC)oc2C)c1)OCC. The summed E-state index contributed by atoms with van der Waals surface area (Å²) >= 11 is 0. The Balaban J connectivity index is 1.60. The molecule has 0 aliphatic rings. The van der Waals surface area contributed by atoms with Crippen molar-refractivity contribution >= 4 is 22.9 Å². The molecule has 0 aliphatic heterocycles. The molecule has 0 radical (unpaired) electrons. The Morgan fingerprint density at radius 1 is 1.09 bits per heavy atom. The van der Waals surface area contributed by atoms with Crippen molar-refractivity contribution in [2.45, 2.75) is 27.3 Å². The summed E-state index contributed by atoms with van der Waals surface area (Å²) in [4.78, 5) is 16.9. The van der Waals surface area contributed by atoms with Gasteiger partial charge in [0.2, 0.25) is 11.6 Å². The Kier molecular flexibility index (Phi) is 7.01. The van der Waals surface area contributed by atoms with E-state index in [1.807, 2.05) is 68.6 Å². The predicted octanol–water partition coefficient (Wildman–Crippen LogP) is 5.60. The van der Waals surface area contributed by atoms with E-state index in [2.05, 4.69) is 4.57 Å². The minimum Gasteiger partial charge on any atom is -0.496 e. The van der Waals surface area contributed by atoms with Gasteiger partial charge in [-0.05, 0) is 62.7 Å². The van der Waals surface area contributed by atoms with Crippen molar-refractivity contribution < 1.29 is 23.4 Å². The van der Waals surface area contributed by atoms with Crippen molar-refractivity contribution in [3.05, 3.63) is 77.5 Å². The highest BCUT2D eigenvalue weighted by Crippen LogP contribution is 2.31. The number of benzene rings is 2. The summed E-state index contributed by atoms with van der Waals surface area (Å²) in [6.07, 6.45) is 3.73. The van der Waals surface area contributed by atoms with Gasteiger partial charge < -0.3 is 23.2 Å². The van der Waals surface area contributed by atoms with Crippen LogP contribution in [0.4, 0.5) is 0 Å². The van der Waals surface area contributed by atoms with Crippen LogP contribution in [0.25, 0.3) is 28.4 Å². The maximum atomic E-state index is 12.1. The highest BCUT2D eigenvalue weighted by atomic mass is 16.6. The van der Waals surface area contributed by atoms with Gasteiger partial charge in [-0.1, -0.05) is 18.2 Å². The topological polar surface area (TPSA) is 75.7 Å². The lowest BCUT2D eigenvalue weighted by atomic mass is 10.1. The van der Waals surface area contributed by atoms with E-state index >= 15 is 0 Å². The third-order valence-electron chi connectivity index (χ3n) is 5.42. The van der Waals surface area contributed by atoms with Gasteiger partial charge in [0.05, 0.1) is 32.4 Å². The third kappa shape index (κ3) is 4.83. The monoisotopic (exact) mass is 460 g/mol. The van der Waals surface area contributed by atoms with Crippen molar-refractivity contribution in [1.29, 1.82) is 0 Å². The molecular weight excluding hydrogens is 432 g/mol. The first kappa shape index (κ1) is 23.2. The molecule has 0 saturated carbocycles. The average Bonchev–Trinajstić information content (AvgIpc) is 3.42. The van der Waals surface area contributed by atoms with Gasteiger partial charge in [0.1, 0.15) is 17.2 Å². The number of carbonyl (C=O) groups excluding carboxylic acids is 1. The van der Waals surface area contributed by atoms with Crippen LogP contribution >= 0.6 is 0 Å². The smallest absolute Gasteiger partial charge is 0.373 e. The number of hydrogen-bond donors (Lipinski definition) is 0. The molecule has 2 aromatic heterocycles. The number of carbonyl (C=O) groups is 1. The van der Waals surface area contributed by atoms with Crippen LogP contribution in [0.15, 0.2) is 64.9 Å². The Hall–Kier alpha value is -4.00. The van der Waals surface area contributed by atoms with E-state index in [0.29, 0.717) is 25.6 Å². The molecule has 34 heavy (non-hydrogen) atoms. The molecule has 0 unspecified atom stereocenters. The molecule has 2 aromatic carbocycles. The molecule has 4 rings (SSSR count). The lowest BCUT2D eigenvalue weighted by molar-refractivity contribution is -0.142.